The molecule has 1 unspecified atom stereocenters. The van der Waals surface area contributed by atoms with Crippen LogP contribution in [0.4, 0.5) is 16.2 Å². The number of hydrogen-bond donors (Lipinski definition) is 3. The van der Waals surface area contributed by atoms with Gasteiger partial charge in [-0.1, -0.05) is 6.07 Å². The number of carbonyl (C=O) groups is 2. The fraction of sp³-hybridized carbons (Fsp3) is 0.355. The van der Waals surface area contributed by atoms with Crippen molar-refractivity contribution in [3.8, 4) is 11.1 Å². The average Bonchev–Trinajstić information content (AvgIpc) is 2.95. The van der Waals surface area contributed by atoms with E-state index >= 15 is 0 Å². The van der Waals surface area contributed by atoms with Gasteiger partial charge in [-0.3, -0.25) is 4.79 Å². The summed E-state index contributed by atoms with van der Waals surface area (Å²) in [5.41, 5.74) is 5.13. The first-order valence-corrected chi connectivity index (χ1v) is 19.5. The molecule has 0 saturated carbocycles. The maximum atomic E-state index is 13.0. The number of nitrogens with one attached hydrogen (secondary N) is 2. The summed E-state index contributed by atoms with van der Waals surface area (Å²) in [7, 11) is 0. The number of rotatable bonds is 10. The zero-order chi connectivity index (χ0) is 28.5. The van der Waals surface area contributed by atoms with Gasteiger partial charge >= 0.3 is 176 Å². The Bertz CT molecular complexity index is 1300. The van der Waals surface area contributed by atoms with Gasteiger partial charge in [0.2, 0.25) is 5.91 Å². The quantitative estimate of drug-likeness (QED) is 0.117. The number of aryl methyl sites for hydroxylation is 1. The molecule has 1 aliphatic rings. The van der Waals surface area contributed by atoms with Crippen molar-refractivity contribution in [1.29, 1.82) is 0 Å². The Morgan fingerprint density at radius 1 is 1.02 bits per heavy atom. The normalized spacial score (nSPS) is 15.8. The predicted molar refractivity (Wildman–Crippen MR) is 174 cm³/mol. The molecule has 214 valence electrons. The van der Waals surface area contributed by atoms with Crippen LogP contribution < -0.4 is 10.6 Å². The first-order chi connectivity index (χ1) is 19.3. The van der Waals surface area contributed by atoms with Crippen molar-refractivity contribution in [2.45, 2.75) is 44.8 Å². The summed E-state index contributed by atoms with van der Waals surface area (Å²) in [6.07, 6.45) is 3.14. The molecule has 9 heteroatoms. The molecule has 7 nitrogen and oxygen atoms in total. The van der Waals surface area contributed by atoms with E-state index < -0.39 is 26.2 Å². The fourth-order valence-electron chi connectivity index (χ4n) is 4.73. The Morgan fingerprint density at radius 3 is 2.52 bits per heavy atom. The van der Waals surface area contributed by atoms with Crippen LogP contribution in [0.1, 0.15) is 36.8 Å². The van der Waals surface area contributed by atoms with Crippen molar-refractivity contribution in [2.24, 2.45) is 0 Å². The fourth-order valence-corrected chi connectivity index (χ4v) is 7.79. The summed E-state index contributed by atoms with van der Waals surface area (Å²) in [5, 5.41) is 15.2. The number of benzene rings is 3. The number of halogens is 2. The summed E-state index contributed by atoms with van der Waals surface area (Å²) in [5.74, 6) is -0.0772. The van der Waals surface area contributed by atoms with E-state index in [-0.39, 0.29) is 18.6 Å². The molecule has 0 aromatic heterocycles. The van der Waals surface area contributed by atoms with Crippen molar-refractivity contribution in [2.75, 3.05) is 33.6 Å². The van der Waals surface area contributed by atoms with E-state index in [1.165, 1.54) is 0 Å². The number of nitrogens with zero attached hydrogens (tertiary/aromatic N) is 1. The molecule has 0 spiro atoms. The van der Waals surface area contributed by atoms with Gasteiger partial charge in [0.15, 0.2) is 0 Å². The van der Waals surface area contributed by atoms with Crippen LogP contribution in [0, 0.1) is 0 Å². The molecule has 0 radical (unpaired) electrons. The number of ether oxygens (including phenoxy) is 1. The number of aliphatic hydroxyl groups is 1. The summed E-state index contributed by atoms with van der Waals surface area (Å²) in [6.45, 7) is 1.87. The van der Waals surface area contributed by atoms with Crippen LogP contribution in [0.15, 0.2) is 71.2 Å². The van der Waals surface area contributed by atoms with Crippen LogP contribution in [0.2, 0.25) is 0 Å². The van der Waals surface area contributed by atoms with Crippen LogP contribution in [0.25, 0.3) is 11.1 Å². The molecule has 3 N–H and O–H groups in total. The van der Waals surface area contributed by atoms with Crippen molar-refractivity contribution in [3.05, 3.63) is 82.3 Å². The van der Waals surface area contributed by atoms with Gasteiger partial charge in [0, 0.05) is 4.47 Å². The number of piperidine rings is 1. The van der Waals surface area contributed by atoms with Crippen LogP contribution >= 0.6 is 36.0 Å². The van der Waals surface area contributed by atoms with E-state index in [0.29, 0.717) is 30.6 Å². The molecule has 3 aromatic rings. The van der Waals surface area contributed by atoms with E-state index in [1.807, 2.05) is 48.5 Å². The zero-order valence-electron chi connectivity index (χ0n) is 23.0. The maximum absolute atomic E-state index is 13.0. The monoisotopic (exact) mass is 721 g/mol. The molecule has 40 heavy (non-hydrogen) atoms. The second kappa shape index (κ2) is 15.0. The van der Waals surface area contributed by atoms with Crippen LogP contribution in [-0.2, 0) is 22.6 Å². The second-order valence-electron chi connectivity index (χ2n) is 10.00. The van der Waals surface area contributed by atoms with Crippen molar-refractivity contribution < 1.29 is 19.4 Å². The number of carbonyl (C=O) groups excluding carboxylic acids is 2. The van der Waals surface area contributed by atoms with Gasteiger partial charge in [0.05, 0.1) is 12.3 Å². The van der Waals surface area contributed by atoms with E-state index in [1.54, 1.807) is 18.2 Å². The molecule has 3 aromatic carbocycles. The van der Waals surface area contributed by atoms with Gasteiger partial charge in [-0.25, -0.2) is 0 Å². The first-order valence-electron chi connectivity index (χ1n) is 13.4. The van der Waals surface area contributed by atoms with E-state index in [9.17, 15) is 14.7 Å². The number of aliphatic hydroxyl groups excluding tert-OH is 1. The molecule has 4 rings (SSSR count). The molecule has 0 bridgehead atoms. The number of amides is 2. The molecule has 0 aliphatic carbocycles. The van der Waals surface area contributed by atoms with E-state index in [4.69, 9.17) is 4.74 Å². The van der Waals surface area contributed by atoms with Gasteiger partial charge in [0.1, 0.15) is 0 Å². The van der Waals surface area contributed by atoms with Crippen molar-refractivity contribution >= 4 is 59.4 Å². The zero-order valence-corrected chi connectivity index (χ0v) is 26.7. The van der Waals surface area contributed by atoms with Crippen molar-refractivity contribution in [3.63, 3.8) is 0 Å². The predicted octanol–water partition coefficient (Wildman–Crippen LogP) is 7.26. The van der Waals surface area contributed by atoms with Gasteiger partial charge in [-0.2, -0.15) is 0 Å². The third kappa shape index (κ3) is 8.76. The van der Waals surface area contributed by atoms with Crippen LogP contribution in [0.5, 0.6) is 0 Å². The summed E-state index contributed by atoms with van der Waals surface area (Å²) in [4.78, 5) is 30.2. The summed E-state index contributed by atoms with van der Waals surface area (Å²) < 4.78 is 9.10. The van der Waals surface area contributed by atoms with Crippen molar-refractivity contribution in [1.82, 2.24) is 3.11 Å². The average molecular weight is 722 g/mol. The van der Waals surface area contributed by atoms with Gasteiger partial charge in [-0.15, -0.1) is 0 Å². The Balaban J connectivity index is 1.39. The summed E-state index contributed by atoms with van der Waals surface area (Å²) in [6, 6.07) is 21.4. The standard InChI is InChI=1S/C31H37BrIN3O4/c1-33(2)36-17-7-11-25(20-36)40-31(39)35-29-19-22(13-15-26(29)24-9-4-3-5-10-24)8-6-12-30(38)34-28-16-14-23(21-37)18-27(28)32/h3-5,9-10,13-16,18-19,25,37H,6-8,11-12,17,20-21H2,1-2H3,(H,34,38)(H,35,39). The summed E-state index contributed by atoms with van der Waals surface area (Å²) >= 11 is 2.35. The Morgan fingerprint density at radius 2 is 1.80 bits per heavy atom. The second-order valence-corrected chi connectivity index (χ2v) is 16.3. The SMILES string of the molecule is CI(C)N1CCCC(OC(=O)Nc2cc(CCCC(=O)Nc3ccc(CO)cc3Br)ccc2-c2ccccc2)C1. The van der Waals surface area contributed by atoms with E-state index in [0.717, 1.165) is 52.7 Å². The molecular formula is C31H37BrIN3O4. The number of hydrogen-bond acceptors (Lipinski definition) is 5. The third-order valence-electron chi connectivity index (χ3n) is 6.85. The Hall–Kier alpha value is -2.47. The Kier molecular flexibility index (Phi) is 11.4. The topological polar surface area (TPSA) is 90.9 Å². The molecule has 1 atom stereocenters. The van der Waals surface area contributed by atoms with Crippen LogP contribution in [-0.4, -0.2) is 49.3 Å². The molecular weight excluding hydrogens is 685 g/mol. The third-order valence-corrected chi connectivity index (χ3v) is 11.1. The molecule has 1 heterocycles. The van der Waals surface area contributed by atoms with Gasteiger partial charge in [0.25, 0.3) is 0 Å². The first kappa shape index (κ1) is 30.5. The Labute approximate surface area is 252 Å². The molecule has 1 fully saturated rings. The number of alkyl halides is 2. The van der Waals surface area contributed by atoms with Gasteiger partial charge < -0.3 is 10.4 Å². The molecule has 2 amide bonds. The minimum absolute atomic E-state index is 0.0522. The minimum atomic E-state index is -1.10. The van der Waals surface area contributed by atoms with Crippen LogP contribution in [0.3, 0.4) is 0 Å². The molecule has 1 saturated heterocycles. The number of anilines is 2. The van der Waals surface area contributed by atoms with E-state index in [2.05, 4.69) is 39.5 Å². The molecule has 1 aliphatic heterocycles. The van der Waals surface area contributed by atoms with Gasteiger partial charge in [-0.05, 0) is 33.6 Å².